The number of nitrogens with one attached hydrogen (secondary N) is 1. The number of aliphatic hydroxyl groups is 2. The number of ether oxygens (including phenoxy) is 1. The number of aromatic amines is 1. The van der Waals surface area contributed by atoms with Crippen molar-refractivity contribution in [1.29, 1.82) is 0 Å². The molecular weight excluding hydrogens is 551 g/mol. The van der Waals surface area contributed by atoms with Crippen molar-refractivity contribution in [3.8, 4) is 0 Å². The first-order valence-electron chi connectivity index (χ1n) is 8.79. The molecule has 0 aromatic carbocycles. The highest BCUT2D eigenvalue weighted by molar-refractivity contribution is 7.91. The number of anilines is 1. The molecule has 0 aliphatic carbocycles. The van der Waals surface area contributed by atoms with Crippen molar-refractivity contribution in [3.05, 3.63) is 22.6 Å². The fraction of sp³-hybridized carbons (Fsp3) is 0.500. The van der Waals surface area contributed by atoms with Crippen LogP contribution in [-0.4, -0.2) is 75.4 Å². The standard InChI is InChI=1S/C12H19FN4O13P4/c13-4-12(20)7(18)6(3-27-32(21,22)29-33(23,24)30-34(25,26)31)28-10(12)17-2-1-5-8(17)15-11(14)16-9(5)19/h1-2,6-7,10,18,20,25-26,31H,3-4H2,(H,21,22)(H,23,24)(H3,14,15,16,19)/t6-,7+,10-,12?/m1/s1. The lowest BCUT2D eigenvalue weighted by molar-refractivity contribution is -0.118. The average Bonchev–Trinajstić information content (AvgIpc) is 3.17. The highest BCUT2D eigenvalue weighted by Gasteiger charge is 2.57. The summed E-state index contributed by atoms with van der Waals surface area (Å²) in [5, 5.41) is 21.1. The molecule has 1 fully saturated rings. The first-order valence-corrected chi connectivity index (χ1v) is 14.7. The molecule has 1 aliphatic rings. The summed E-state index contributed by atoms with van der Waals surface area (Å²) in [7, 11) is -13.4. The number of phosphoric acid groups is 2. The van der Waals surface area contributed by atoms with Crippen LogP contribution in [0.25, 0.3) is 11.0 Å². The van der Waals surface area contributed by atoms with Gasteiger partial charge in [0.15, 0.2) is 17.5 Å². The second kappa shape index (κ2) is 9.43. The zero-order chi connectivity index (χ0) is 25.7. The van der Waals surface area contributed by atoms with E-state index in [9.17, 15) is 38.3 Å². The predicted octanol–water partition coefficient (Wildman–Crippen LogP) is -0.679. The van der Waals surface area contributed by atoms with Gasteiger partial charge in [0.2, 0.25) is 5.95 Å². The van der Waals surface area contributed by atoms with E-state index in [0.717, 1.165) is 4.57 Å². The van der Waals surface area contributed by atoms with Gasteiger partial charge in [-0.15, -0.1) is 0 Å². The molecule has 3 heterocycles. The Morgan fingerprint density at radius 3 is 2.53 bits per heavy atom. The van der Waals surface area contributed by atoms with E-state index in [1.165, 1.54) is 12.3 Å². The van der Waals surface area contributed by atoms with Crippen molar-refractivity contribution >= 4 is 48.4 Å². The third-order valence-corrected chi connectivity index (χ3v) is 9.08. The minimum atomic E-state index is -5.54. The zero-order valence-corrected chi connectivity index (χ0v) is 20.2. The van der Waals surface area contributed by atoms with Crippen LogP contribution >= 0.6 is 31.4 Å². The zero-order valence-electron chi connectivity index (χ0n) is 16.5. The van der Waals surface area contributed by atoms with Crippen molar-refractivity contribution in [3.63, 3.8) is 0 Å². The normalized spacial score (nSPS) is 29.2. The Bertz CT molecular complexity index is 1280. The molecule has 0 bridgehead atoms. The predicted molar refractivity (Wildman–Crippen MR) is 113 cm³/mol. The number of rotatable bonds is 9. The van der Waals surface area contributed by atoms with Crippen LogP contribution in [0.5, 0.6) is 0 Å². The SMILES string of the molecule is Nc1nc2c(ccn2[C@@H]2O[C@H](COP(=O)(O)OP(=O)(O)OP(O)(O)=P)[C@H](O)C2(O)CF)c(=O)[nH]1. The van der Waals surface area contributed by atoms with Crippen molar-refractivity contribution in [2.45, 2.75) is 24.0 Å². The number of aliphatic hydroxyl groups excluding tert-OH is 1. The monoisotopic (exact) mass is 570 g/mol. The Labute approximate surface area is 190 Å². The number of nitrogens with two attached hydrogens (primary N) is 1. The van der Waals surface area contributed by atoms with E-state index in [2.05, 4.69) is 31.6 Å². The molecule has 0 spiro atoms. The lowest BCUT2D eigenvalue weighted by atomic mass is 9.95. The van der Waals surface area contributed by atoms with Crippen LogP contribution in [0.1, 0.15) is 6.23 Å². The summed E-state index contributed by atoms with van der Waals surface area (Å²) in [6.07, 6.45) is -4.36. The highest BCUT2D eigenvalue weighted by Crippen LogP contribution is 2.67. The molecule has 2 aromatic heterocycles. The van der Waals surface area contributed by atoms with Gasteiger partial charge in [0.05, 0.1) is 12.0 Å². The maximum absolute atomic E-state index is 13.8. The summed E-state index contributed by atoms with van der Waals surface area (Å²) in [5.41, 5.74) is 2.04. The topological polar surface area (TPSA) is 269 Å². The van der Waals surface area contributed by atoms with Crippen LogP contribution in [0.15, 0.2) is 17.1 Å². The fourth-order valence-electron chi connectivity index (χ4n) is 3.14. The molecule has 2 aromatic rings. The van der Waals surface area contributed by atoms with Crippen LogP contribution in [0.4, 0.5) is 10.3 Å². The van der Waals surface area contributed by atoms with Gasteiger partial charge in [-0.25, -0.2) is 17.8 Å². The number of hydrogen-bond acceptors (Lipinski definition) is 11. The molecule has 22 heteroatoms. The first-order chi connectivity index (χ1) is 15.5. The third-order valence-electron chi connectivity index (χ3n) is 4.49. The highest BCUT2D eigenvalue weighted by atomic mass is 31.8. The Hall–Kier alpha value is -1.06. The van der Waals surface area contributed by atoms with Crippen molar-refractivity contribution in [1.82, 2.24) is 14.5 Å². The number of phosphoric ester groups is 1. The fourth-order valence-corrected chi connectivity index (χ4v) is 7.17. The minimum Gasteiger partial charge on any atom is -0.387 e. The van der Waals surface area contributed by atoms with Crippen LogP contribution in [0.3, 0.4) is 0 Å². The maximum Gasteiger partial charge on any atom is 0.488 e. The number of nitrogen functional groups attached to an aromatic ring is 1. The molecule has 17 nitrogen and oxygen atoms in total. The molecule has 3 unspecified atom stereocenters. The molecule has 34 heavy (non-hydrogen) atoms. The molecule has 192 valence electrons. The van der Waals surface area contributed by atoms with Gasteiger partial charge < -0.3 is 44.8 Å². The van der Waals surface area contributed by atoms with E-state index in [1.54, 1.807) is 0 Å². The van der Waals surface area contributed by atoms with Crippen molar-refractivity contribution in [2.24, 2.45) is 0 Å². The Morgan fingerprint density at radius 2 is 1.94 bits per heavy atom. The Balaban J connectivity index is 1.82. The van der Waals surface area contributed by atoms with Gasteiger partial charge in [-0.2, -0.15) is 9.29 Å². The number of hydrogen-bond donors (Lipinski definition) is 8. The van der Waals surface area contributed by atoms with E-state index < -0.39 is 65.8 Å². The summed E-state index contributed by atoms with van der Waals surface area (Å²) in [6.45, 7) is -2.69. The Morgan fingerprint density at radius 1 is 1.29 bits per heavy atom. The summed E-state index contributed by atoms with van der Waals surface area (Å²) >= 11 is 0. The van der Waals surface area contributed by atoms with Gasteiger partial charge in [0, 0.05) is 6.20 Å². The second-order valence-corrected chi connectivity index (χ2v) is 13.2. The van der Waals surface area contributed by atoms with E-state index in [0.29, 0.717) is 0 Å². The summed E-state index contributed by atoms with van der Waals surface area (Å²) in [5.74, 6) is -0.311. The molecule has 1 aliphatic heterocycles. The van der Waals surface area contributed by atoms with Crippen LogP contribution in [-0.2, 0) is 27.0 Å². The third kappa shape index (κ3) is 5.84. The quantitative estimate of drug-likeness (QED) is 0.174. The van der Waals surface area contributed by atoms with Gasteiger partial charge in [-0.1, -0.05) is 0 Å². The molecule has 6 atom stereocenters. The van der Waals surface area contributed by atoms with Crippen molar-refractivity contribution < 1.29 is 61.2 Å². The number of alkyl halides is 1. The molecular formula is C12H19FN4O13P4. The molecule has 0 saturated carbocycles. The lowest BCUT2D eigenvalue weighted by Gasteiger charge is -2.29. The minimum absolute atomic E-state index is 0.0153. The van der Waals surface area contributed by atoms with E-state index in [1.807, 2.05) is 0 Å². The van der Waals surface area contributed by atoms with Crippen LogP contribution < -0.4 is 11.3 Å². The number of nitrogens with zero attached hydrogens (tertiary/aromatic N) is 2. The molecule has 0 amide bonds. The number of fused-ring (bicyclic) bond motifs is 1. The van der Waals surface area contributed by atoms with Gasteiger partial charge in [-0.05, 0) is 14.6 Å². The maximum atomic E-state index is 13.8. The second-order valence-electron chi connectivity index (χ2n) is 6.95. The van der Waals surface area contributed by atoms with Crippen LogP contribution in [0, 0.1) is 0 Å². The summed E-state index contributed by atoms with van der Waals surface area (Å²) in [6, 6.07) is 1.25. The number of H-pyrrole nitrogens is 1. The number of aromatic nitrogens is 3. The lowest BCUT2D eigenvalue weighted by Crippen LogP contribution is -2.49. The Kier molecular flexibility index (Phi) is 7.64. The van der Waals surface area contributed by atoms with Gasteiger partial charge in [0.1, 0.15) is 18.9 Å². The van der Waals surface area contributed by atoms with E-state index >= 15 is 0 Å². The molecule has 9 N–H and O–H groups in total. The van der Waals surface area contributed by atoms with Gasteiger partial charge in [0.25, 0.3) is 12.8 Å². The van der Waals surface area contributed by atoms with Crippen molar-refractivity contribution in [2.75, 3.05) is 19.0 Å². The van der Waals surface area contributed by atoms with Gasteiger partial charge >= 0.3 is 15.6 Å². The molecule has 3 rings (SSSR count). The molecule has 0 radical (unpaired) electrons. The van der Waals surface area contributed by atoms with E-state index in [4.69, 9.17) is 20.3 Å². The largest absolute Gasteiger partial charge is 0.488 e. The smallest absolute Gasteiger partial charge is 0.387 e. The van der Waals surface area contributed by atoms with Crippen LogP contribution in [0.2, 0.25) is 0 Å². The number of halogens is 1. The van der Waals surface area contributed by atoms with Gasteiger partial charge in [-0.3, -0.25) is 14.3 Å². The molecule has 1 saturated heterocycles. The summed E-state index contributed by atoms with van der Waals surface area (Å²) < 4.78 is 55.9. The van der Waals surface area contributed by atoms with E-state index in [-0.39, 0.29) is 17.0 Å². The average molecular weight is 570 g/mol. The first kappa shape index (κ1) is 27.5. The summed E-state index contributed by atoms with van der Waals surface area (Å²) in [4.78, 5) is 55.0.